The summed E-state index contributed by atoms with van der Waals surface area (Å²) in [7, 11) is 0. The zero-order chi connectivity index (χ0) is 17.8. The van der Waals surface area contributed by atoms with E-state index in [0.29, 0.717) is 18.9 Å². The molecule has 1 aliphatic heterocycles. The lowest BCUT2D eigenvalue weighted by molar-refractivity contribution is -0.150. The standard InChI is InChI=1S/C19H21NO5/c1-13(19(23)20-9-10-24-12-15(20)11-18(21)22)25-17-8-4-6-14-5-2-3-7-16(14)17/h2-8,13,15H,9-12H2,1H3,(H,21,22). The van der Waals surface area contributed by atoms with Crippen LogP contribution in [-0.4, -0.2) is 53.8 Å². The molecular formula is C19H21NO5. The molecule has 2 unspecified atom stereocenters. The Labute approximate surface area is 145 Å². The van der Waals surface area contributed by atoms with Gasteiger partial charge in [0.15, 0.2) is 6.10 Å². The normalized spacial score (nSPS) is 18.8. The number of hydrogen-bond acceptors (Lipinski definition) is 4. The van der Waals surface area contributed by atoms with Gasteiger partial charge < -0.3 is 19.5 Å². The maximum absolute atomic E-state index is 12.8. The predicted molar refractivity (Wildman–Crippen MR) is 92.6 cm³/mol. The zero-order valence-corrected chi connectivity index (χ0v) is 14.1. The molecule has 2 aromatic rings. The Bertz CT molecular complexity index is 770. The fourth-order valence-corrected chi connectivity index (χ4v) is 3.09. The minimum atomic E-state index is -0.948. The van der Waals surface area contributed by atoms with Gasteiger partial charge in [-0.2, -0.15) is 0 Å². The molecule has 3 rings (SSSR count). The minimum absolute atomic E-state index is 0.132. The number of carboxylic acids is 1. The number of amides is 1. The van der Waals surface area contributed by atoms with Gasteiger partial charge in [-0.05, 0) is 18.4 Å². The van der Waals surface area contributed by atoms with Crippen molar-refractivity contribution in [3.63, 3.8) is 0 Å². The van der Waals surface area contributed by atoms with E-state index >= 15 is 0 Å². The van der Waals surface area contributed by atoms with Gasteiger partial charge in [0.1, 0.15) is 5.75 Å². The van der Waals surface area contributed by atoms with Crippen molar-refractivity contribution in [3.05, 3.63) is 42.5 Å². The van der Waals surface area contributed by atoms with Crippen molar-refractivity contribution in [1.82, 2.24) is 4.90 Å². The average Bonchev–Trinajstić information content (AvgIpc) is 2.61. The Morgan fingerprint density at radius 1 is 1.28 bits per heavy atom. The van der Waals surface area contributed by atoms with Crippen molar-refractivity contribution < 1.29 is 24.2 Å². The molecular weight excluding hydrogens is 322 g/mol. The molecule has 2 atom stereocenters. The molecule has 0 aromatic heterocycles. The summed E-state index contributed by atoms with van der Waals surface area (Å²) in [5.74, 6) is -0.527. The third kappa shape index (κ3) is 3.91. The van der Waals surface area contributed by atoms with E-state index in [1.165, 1.54) is 0 Å². The fourth-order valence-electron chi connectivity index (χ4n) is 3.09. The van der Waals surface area contributed by atoms with Crippen LogP contribution in [-0.2, 0) is 14.3 Å². The molecule has 2 aromatic carbocycles. The summed E-state index contributed by atoms with van der Waals surface area (Å²) < 4.78 is 11.2. The van der Waals surface area contributed by atoms with Crippen molar-refractivity contribution in [1.29, 1.82) is 0 Å². The molecule has 0 saturated carbocycles. The van der Waals surface area contributed by atoms with Crippen LogP contribution in [0, 0.1) is 0 Å². The molecule has 0 spiro atoms. The molecule has 6 heteroatoms. The Balaban J connectivity index is 1.76. The topological polar surface area (TPSA) is 76.1 Å². The average molecular weight is 343 g/mol. The summed E-state index contributed by atoms with van der Waals surface area (Å²) in [6.07, 6.45) is -0.840. The van der Waals surface area contributed by atoms with Crippen LogP contribution in [0.1, 0.15) is 13.3 Å². The highest BCUT2D eigenvalue weighted by Crippen LogP contribution is 2.26. The van der Waals surface area contributed by atoms with Gasteiger partial charge in [-0.25, -0.2) is 0 Å². The van der Waals surface area contributed by atoms with E-state index in [2.05, 4.69) is 0 Å². The number of morpholine rings is 1. The minimum Gasteiger partial charge on any atom is -0.481 e. The zero-order valence-electron chi connectivity index (χ0n) is 14.1. The summed E-state index contributed by atoms with van der Waals surface area (Å²) >= 11 is 0. The Hall–Kier alpha value is -2.60. The molecule has 1 saturated heterocycles. The van der Waals surface area contributed by atoms with Crippen LogP contribution in [0.15, 0.2) is 42.5 Å². The van der Waals surface area contributed by atoms with E-state index in [-0.39, 0.29) is 18.9 Å². The molecule has 1 fully saturated rings. The summed E-state index contributed by atoms with van der Waals surface area (Å²) in [5, 5.41) is 11.0. The number of ether oxygens (including phenoxy) is 2. The summed E-state index contributed by atoms with van der Waals surface area (Å²) in [5.41, 5.74) is 0. The number of carbonyl (C=O) groups is 2. The van der Waals surface area contributed by atoms with Crippen LogP contribution < -0.4 is 4.74 Å². The van der Waals surface area contributed by atoms with Crippen LogP contribution >= 0.6 is 0 Å². The first kappa shape index (κ1) is 17.2. The Morgan fingerprint density at radius 2 is 2.04 bits per heavy atom. The first-order valence-electron chi connectivity index (χ1n) is 8.30. The highest BCUT2D eigenvalue weighted by molar-refractivity contribution is 5.89. The number of benzene rings is 2. The molecule has 1 heterocycles. The van der Waals surface area contributed by atoms with Crippen molar-refractivity contribution in [2.24, 2.45) is 0 Å². The van der Waals surface area contributed by atoms with Gasteiger partial charge in [0.25, 0.3) is 5.91 Å². The Morgan fingerprint density at radius 3 is 2.84 bits per heavy atom. The molecule has 0 aliphatic carbocycles. The van der Waals surface area contributed by atoms with E-state index in [1.54, 1.807) is 11.8 Å². The van der Waals surface area contributed by atoms with Crippen LogP contribution in [0.5, 0.6) is 5.75 Å². The number of fused-ring (bicyclic) bond motifs is 1. The van der Waals surface area contributed by atoms with Crippen LogP contribution in [0.3, 0.4) is 0 Å². The van der Waals surface area contributed by atoms with Crippen molar-refractivity contribution in [2.45, 2.75) is 25.5 Å². The molecule has 6 nitrogen and oxygen atoms in total. The van der Waals surface area contributed by atoms with E-state index in [9.17, 15) is 9.59 Å². The van der Waals surface area contributed by atoms with Gasteiger partial charge in [-0.15, -0.1) is 0 Å². The second-order valence-electron chi connectivity index (χ2n) is 6.10. The molecule has 1 amide bonds. The highest BCUT2D eigenvalue weighted by atomic mass is 16.5. The second kappa shape index (κ2) is 7.53. The van der Waals surface area contributed by atoms with E-state index in [1.807, 2.05) is 42.5 Å². The molecule has 1 N–H and O–H groups in total. The first-order chi connectivity index (χ1) is 12.1. The predicted octanol–water partition coefficient (Wildman–Crippen LogP) is 2.31. The smallest absolute Gasteiger partial charge is 0.305 e. The number of hydrogen-bond donors (Lipinski definition) is 1. The van der Waals surface area contributed by atoms with Gasteiger partial charge >= 0.3 is 5.97 Å². The number of carboxylic acid groups (broad SMARTS) is 1. The quantitative estimate of drug-likeness (QED) is 0.901. The van der Waals surface area contributed by atoms with E-state index < -0.39 is 18.1 Å². The summed E-state index contributed by atoms with van der Waals surface area (Å²) in [4.78, 5) is 25.4. The second-order valence-corrected chi connectivity index (χ2v) is 6.10. The third-order valence-corrected chi connectivity index (χ3v) is 4.32. The SMILES string of the molecule is CC(Oc1cccc2ccccc12)C(=O)N1CCOCC1CC(=O)O. The highest BCUT2D eigenvalue weighted by Gasteiger charge is 2.32. The van der Waals surface area contributed by atoms with Gasteiger partial charge in [-0.1, -0.05) is 36.4 Å². The van der Waals surface area contributed by atoms with Crippen molar-refractivity contribution >= 4 is 22.6 Å². The van der Waals surface area contributed by atoms with Crippen molar-refractivity contribution in [2.75, 3.05) is 19.8 Å². The summed E-state index contributed by atoms with van der Waals surface area (Å²) in [6, 6.07) is 13.1. The number of carbonyl (C=O) groups excluding carboxylic acids is 1. The number of nitrogens with zero attached hydrogens (tertiary/aromatic N) is 1. The van der Waals surface area contributed by atoms with Gasteiger partial charge in [0.2, 0.25) is 0 Å². The maximum Gasteiger partial charge on any atom is 0.305 e. The number of rotatable bonds is 5. The largest absolute Gasteiger partial charge is 0.481 e. The van der Waals surface area contributed by atoms with Gasteiger partial charge in [0, 0.05) is 11.9 Å². The first-order valence-corrected chi connectivity index (χ1v) is 8.30. The lowest BCUT2D eigenvalue weighted by atomic mass is 10.1. The van der Waals surface area contributed by atoms with Gasteiger partial charge in [-0.3, -0.25) is 9.59 Å². The molecule has 1 aliphatic rings. The Kier molecular flexibility index (Phi) is 5.19. The lowest BCUT2D eigenvalue weighted by Gasteiger charge is -2.36. The van der Waals surface area contributed by atoms with Crippen molar-refractivity contribution in [3.8, 4) is 5.75 Å². The molecule has 0 radical (unpaired) electrons. The molecule has 132 valence electrons. The van der Waals surface area contributed by atoms with Crippen LogP contribution in [0.25, 0.3) is 10.8 Å². The third-order valence-electron chi connectivity index (χ3n) is 4.32. The lowest BCUT2D eigenvalue weighted by Crippen LogP contribution is -2.53. The van der Waals surface area contributed by atoms with E-state index in [0.717, 1.165) is 10.8 Å². The monoisotopic (exact) mass is 343 g/mol. The number of aliphatic carboxylic acids is 1. The van der Waals surface area contributed by atoms with Gasteiger partial charge in [0.05, 0.1) is 25.7 Å². The molecule has 0 bridgehead atoms. The molecule has 25 heavy (non-hydrogen) atoms. The summed E-state index contributed by atoms with van der Waals surface area (Å²) in [6.45, 7) is 2.71. The maximum atomic E-state index is 12.8. The van der Waals surface area contributed by atoms with Crippen LogP contribution in [0.4, 0.5) is 0 Å². The fraction of sp³-hybridized carbons (Fsp3) is 0.368. The van der Waals surface area contributed by atoms with E-state index in [4.69, 9.17) is 14.6 Å². The van der Waals surface area contributed by atoms with Crippen LogP contribution in [0.2, 0.25) is 0 Å².